The molecule has 26 heavy (non-hydrogen) atoms. The van der Waals surface area contributed by atoms with E-state index in [2.05, 4.69) is 10.4 Å². The Bertz CT molecular complexity index is 862. The van der Waals surface area contributed by atoms with Crippen molar-refractivity contribution in [3.05, 3.63) is 72.4 Å². The summed E-state index contributed by atoms with van der Waals surface area (Å²) in [6.45, 7) is 2.27. The van der Waals surface area contributed by atoms with E-state index >= 15 is 0 Å². The third-order valence-corrected chi connectivity index (χ3v) is 3.89. The maximum Gasteiger partial charge on any atom is 0.266 e. The van der Waals surface area contributed by atoms with Gasteiger partial charge in [-0.3, -0.25) is 4.79 Å². The number of nitrogens with one attached hydrogen (secondary N) is 1. The average molecular weight is 351 g/mol. The molecule has 0 radical (unpaired) electrons. The molecule has 2 aromatic carbocycles. The summed E-state index contributed by atoms with van der Waals surface area (Å²) >= 11 is 0. The smallest absolute Gasteiger partial charge is 0.266 e. The van der Waals surface area contributed by atoms with E-state index in [0.29, 0.717) is 23.9 Å². The SMILES string of the molecule is COc1ccccc1OC(C)C(=O)Nc1ccnn1Cc1ccccc1. The fraction of sp³-hybridized carbons (Fsp3) is 0.200. The largest absolute Gasteiger partial charge is 0.493 e. The number of carbonyl (C=O) groups is 1. The highest BCUT2D eigenvalue weighted by Crippen LogP contribution is 2.27. The minimum atomic E-state index is -0.689. The number of hydrogen-bond acceptors (Lipinski definition) is 4. The lowest BCUT2D eigenvalue weighted by Crippen LogP contribution is -2.31. The average Bonchev–Trinajstić information content (AvgIpc) is 3.09. The quantitative estimate of drug-likeness (QED) is 0.709. The zero-order valence-corrected chi connectivity index (χ0v) is 14.8. The van der Waals surface area contributed by atoms with Crippen LogP contribution in [0.4, 0.5) is 5.82 Å². The number of amides is 1. The third kappa shape index (κ3) is 4.22. The maximum atomic E-state index is 12.5. The molecule has 1 N–H and O–H groups in total. The molecule has 134 valence electrons. The number of nitrogens with zero attached hydrogens (tertiary/aromatic N) is 2. The summed E-state index contributed by atoms with van der Waals surface area (Å²) in [5.74, 6) is 1.47. The van der Waals surface area contributed by atoms with E-state index in [1.165, 1.54) is 0 Å². The zero-order chi connectivity index (χ0) is 18.4. The molecule has 0 saturated carbocycles. The van der Waals surface area contributed by atoms with Crippen molar-refractivity contribution >= 4 is 11.7 Å². The molecule has 0 aliphatic heterocycles. The van der Waals surface area contributed by atoms with E-state index in [1.54, 1.807) is 43.1 Å². The molecule has 0 bridgehead atoms. The van der Waals surface area contributed by atoms with Crippen molar-refractivity contribution in [2.75, 3.05) is 12.4 Å². The van der Waals surface area contributed by atoms with E-state index in [9.17, 15) is 4.79 Å². The second-order valence-corrected chi connectivity index (χ2v) is 5.76. The van der Waals surface area contributed by atoms with Crippen LogP contribution in [0.2, 0.25) is 0 Å². The highest BCUT2D eigenvalue weighted by Gasteiger charge is 2.18. The van der Waals surface area contributed by atoms with Gasteiger partial charge in [0.15, 0.2) is 17.6 Å². The summed E-state index contributed by atoms with van der Waals surface area (Å²) in [4.78, 5) is 12.5. The van der Waals surface area contributed by atoms with Crippen molar-refractivity contribution in [2.24, 2.45) is 0 Å². The Kier molecular flexibility index (Phi) is 5.53. The number of carbonyl (C=O) groups excluding carboxylic acids is 1. The molecule has 1 heterocycles. The Morgan fingerprint density at radius 2 is 1.77 bits per heavy atom. The van der Waals surface area contributed by atoms with Gasteiger partial charge in [-0.1, -0.05) is 42.5 Å². The Morgan fingerprint density at radius 1 is 1.08 bits per heavy atom. The fourth-order valence-electron chi connectivity index (χ4n) is 2.51. The third-order valence-electron chi connectivity index (χ3n) is 3.89. The Hall–Kier alpha value is -3.28. The van der Waals surface area contributed by atoms with Gasteiger partial charge in [-0.15, -0.1) is 0 Å². The second-order valence-electron chi connectivity index (χ2n) is 5.76. The molecule has 0 saturated heterocycles. The first-order chi connectivity index (χ1) is 12.7. The first-order valence-corrected chi connectivity index (χ1v) is 8.33. The number of rotatable bonds is 7. The number of ether oxygens (including phenoxy) is 2. The number of aromatic nitrogens is 2. The fourth-order valence-corrected chi connectivity index (χ4v) is 2.51. The highest BCUT2D eigenvalue weighted by atomic mass is 16.5. The minimum Gasteiger partial charge on any atom is -0.493 e. The van der Waals surface area contributed by atoms with Crippen LogP contribution in [0.15, 0.2) is 66.9 Å². The van der Waals surface area contributed by atoms with E-state index in [-0.39, 0.29) is 5.91 Å². The maximum absolute atomic E-state index is 12.5. The van der Waals surface area contributed by atoms with Gasteiger partial charge in [0.2, 0.25) is 0 Å². The molecule has 1 unspecified atom stereocenters. The van der Waals surface area contributed by atoms with Gasteiger partial charge in [-0.2, -0.15) is 5.10 Å². The molecular weight excluding hydrogens is 330 g/mol. The molecule has 1 amide bonds. The van der Waals surface area contributed by atoms with Crippen LogP contribution in [0, 0.1) is 0 Å². The van der Waals surface area contributed by atoms with Crippen LogP contribution in [-0.4, -0.2) is 28.9 Å². The predicted molar refractivity (Wildman–Crippen MR) is 99.5 cm³/mol. The van der Waals surface area contributed by atoms with Crippen molar-refractivity contribution in [3.8, 4) is 11.5 Å². The van der Waals surface area contributed by atoms with Crippen molar-refractivity contribution in [2.45, 2.75) is 19.6 Å². The van der Waals surface area contributed by atoms with Crippen LogP contribution in [0.25, 0.3) is 0 Å². The normalized spacial score (nSPS) is 11.6. The summed E-state index contributed by atoms with van der Waals surface area (Å²) in [6, 6.07) is 18.9. The van der Waals surface area contributed by atoms with Gasteiger partial charge < -0.3 is 14.8 Å². The molecule has 0 aliphatic carbocycles. The molecule has 6 heteroatoms. The van der Waals surface area contributed by atoms with E-state index in [4.69, 9.17) is 9.47 Å². The van der Waals surface area contributed by atoms with Crippen LogP contribution >= 0.6 is 0 Å². The summed E-state index contributed by atoms with van der Waals surface area (Å²) in [6.07, 6.45) is 0.969. The van der Waals surface area contributed by atoms with Crippen molar-refractivity contribution in [1.29, 1.82) is 0 Å². The first-order valence-electron chi connectivity index (χ1n) is 8.33. The van der Waals surface area contributed by atoms with Gasteiger partial charge in [-0.25, -0.2) is 4.68 Å². The van der Waals surface area contributed by atoms with Gasteiger partial charge in [0.05, 0.1) is 19.9 Å². The van der Waals surface area contributed by atoms with Crippen LogP contribution < -0.4 is 14.8 Å². The number of methoxy groups -OCH3 is 1. The van der Waals surface area contributed by atoms with Crippen molar-refractivity contribution in [3.63, 3.8) is 0 Å². The van der Waals surface area contributed by atoms with E-state index in [0.717, 1.165) is 5.56 Å². The molecule has 0 fully saturated rings. The summed E-state index contributed by atoms with van der Waals surface area (Å²) < 4.78 is 12.7. The molecule has 0 spiro atoms. The highest BCUT2D eigenvalue weighted by molar-refractivity contribution is 5.93. The molecule has 0 aliphatic rings. The summed E-state index contributed by atoms with van der Waals surface area (Å²) in [5, 5.41) is 7.14. The zero-order valence-electron chi connectivity index (χ0n) is 14.8. The topological polar surface area (TPSA) is 65.4 Å². The summed E-state index contributed by atoms with van der Waals surface area (Å²) in [7, 11) is 1.56. The number of benzene rings is 2. The number of para-hydroxylation sites is 2. The molecule has 3 rings (SSSR count). The van der Waals surface area contributed by atoms with Gasteiger partial charge in [0.25, 0.3) is 5.91 Å². The Balaban J connectivity index is 1.66. The Labute approximate surface area is 152 Å². The predicted octanol–water partition coefficient (Wildman–Crippen LogP) is 3.35. The van der Waals surface area contributed by atoms with Gasteiger partial charge in [-0.05, 0) is 24.6 Å². The van der Waals surface area contributed by atoms with Crippen LogP contribution in [-0.2, 0) is 11.3 Å². The minimum absolute atomic E-state index is 0.259. The molecular formula is C20H21N3O3. The first kappa shape index (κ1) is 17.5. The van der Waals surface area contributed by atoms with E-state index < -0.39 is 6.10 Å². The lowest BCUT2D eigenvalue weighted by atomic mass is 10.2. The monoisotopic (exact) mass is 351 g/mol. The van der Waals surface area contributed by atoms with Crippen molar-refractivity contribution < 1.29 is 14.3 Å². The van der Waals surface area contributed by atoms with Gasteiger partial charge in [0, 0.05) is 6.07 Å². The van der Waals surface area contributed by atoms with Crippen LogP contribution in [0.5, 0.6) is 11.5 Å². The lowest BCUT2D eigenvalue weighted by Gasteiger charge is -2.17. The number of anilines is 1. The van der Waals surface area contributed by atoms with E-state index in [1.807, 2.05) is 42.5 Å². The molecule has 6 nitrogen and oxygen atoms in total. The molecule has 1 atom stereocenters. The van der Waals surface area contributed by atoms with Gasteiger partial charge >= 0.3 is 0 Å². The molecule has 3 aromatic rings. The van der Waals surface area contributed by atoms with Crippen LogP contribution in [0.1, 0.15) is 12.5 Å². The van der Waals surface area contributed by atoms with Crippen molar-refractivity contribution in [1.82, 2.24) is 9.78 Å². The van der Waals surface area contributed by atoms with Crippen LogP contribution in [0.3, 0.4) is 0 Å². The number of hydrogen-bond donors (Lipinski definition) is 1. The van der Waals surface area contributed by atoms with Gasteiger partial charge in [0.1, 0.15) is 5.82 Å². The summed E-state index contributed by atoms with van der Waals surface area (Å²) in [5.41, 5.74) is 1.10. The Morgan fingerprint density at radius 3 is 2.50 bits per heavy atom. The second kappa shape index (κ2) is 8.20. The standard InChI is InChI=1S/C20H21N3O3/c1-15(26-18-11-7-6-10-17(18)25-2)20(24)22-19-12-13-21-23(19)14-16-8-4-3-5-9-16/h3-13,15H,14H2,1-2H3,(H,22,24). The lowest BCUT2D eigenvalue weighted by molar-refractivity contribution is -0.122. The molecule has 1 aromatic heterocycles.